The fourth-order valence-electron chi connectivity index (χ4n) is 3.38. The van der Waals surface area contributed by atoms with Crippen LogP contribution in [0.3, 0.4) is 0 Å². The van der Waals surface area contributed by atoms with Crippen LogP contribution in [-0.4, -0.2) is 29.8 Å². The van der Waals surface area contributed by atoms with E-state index < -0.39 is 0 Å². The number of rotatable bonds is 3. The van der Waals surface area contributed by atoms with Crippen LogP contribution in [-0.2, 0) is 9.59 Å². The van der Waals surface area contributed by atoms with Crippen LogP contribution in [0.1, 0.15) is 43.2 Å². The second-order valence-corrected chi connectivity index (χ2v) is 7.00. The van der Waals surface area contributed by atoms with E-state index >= 15 is 0 Å². The molecule has 0 bridgehead atoms. The van der Waals surface area contributed by atoms with E-state index in [4.69, 9.17) is 0 Å². The summed E-state index contributed by atoms with van der Waals surface area (Å²) in [4.78, 5) is 26.9. The van der Waals surface area contributed by atoms with E-state index in [1.165, 1.54) is 12.8 Å². The van der Waals surface area contributed by atoms with Crippen molar-refractivity contribution >= 4 is 17.5 Å². The number of carbonyl (C=O) groups is 2. The molecule has 1 N–H and O–H groups in total. The summed E-state index contributed by atoms with van der Waals surface area (Å²) in [6.45, 7) is 5.72. The van der Waals surface area contributed by atoms with Crippen LogP contribution in [0.15, 0.2) is 18.2 Å². The summed E-state index contributed by atoms with van der Waals surface area (Å²) < 4.78 is 0. The monoisotopic (exact) mass is 314 g/mol. The van der Waals surface area contributed by atoms with Crippen LogP contribution in [0, 0.1) is 25.7 Å². The van der Waals surface area contributed by atoms with E-state index in [0.717, 1.165) is 42.7 Å². The number of aryl methyl sites for hydroxylation is 2. The number of nitrogens with one attached hydrogen (secondary N) is 1. The molecule has 0 aromatic heterocycles. The van der Waals surface area contributed by atoms with Crippen LogP contribution >= 0.6 is 0 Å². The molecule has 1 aromatic rings. The first-order chi connectivity index (χ1) is 11.1. The lowest BCUT2D eigenvalue weighted by molar-refractivity contribution is -0.134. The molecule has 2 aliphatic rings. The fourth-order valence-corrected chi connectivity index (χ4v) is 3.38. The van der Waals surface area contributed by atoms with E-state index in [2.05, 4.69) is 5.32 Å². The molecule has 1 saturated carbocycles. The number of likely N-dealkylation sites (tertiary alicyclic amines) is 1. The molecular formula is C19H26N2O2. The SMILES string of the molecule is Cc1ccc(C)c(NC(=O)C2CC2C(=O)N2CCCCCC2)c1. The Morgan fingerprint density at radius 2 is 1.74 bits per heavy atom. The Hall–Kier alpha value is -1.84. The van der Waals surface area contributed by atoms with E-state index in [-0.39, 0.29) is 23.7 Å². The predicted octanol–water partition coefficient (Wildman–Crippen LogP) is 3.28. The van der Waals surface area contributed by atoms with Crippen LogP contribution in [0.5, 0.6) is 0 Å². The smallest absolute Gasteiger partial charge is 0.228 e. The number of carbonyl (C=O) groups excluding carboxylic acids is 2. The Balaban J connectivity index is 1.58. The van der Waals surface area contributed by atoms with Crippen LogP contribution < -0.4 is 5.32 Å². The molecule has 1 saturated heterocycles. The molecule has 23 heavy (non-hydrogen) atoms. The van der Waals surface area contributed by atoms with Gasteiger partial charge in [-0.05, 0) is 50.3 Å². The molecule has 2 atom stereocenters. The van der Waals surface area contributed by atoms with Gasteiger partial charge in [0.2, 0.25) is 11.8 Å². The molecule has 124 valence electrons. The number of hydrogen-bond donors (Lipinski definition) is 1. The molecule has 1 heterocycles. The number of amides is 2. The van der Waals surface area contributed by atoms with Crippen molar-refractivity contribution in [1.82, 2.24) is 4.90 Å². The van der Waals surface area contributed by atoms with Gasteiger partial charge in [0.15, 0.2) is 0 Å². The molecule has 1 aliphatic heterocycles. The van der Waals surface area contributed by atoms with Gasteiger partial charge in [-0.3, -0.25) is 9.59 Å². The Labute approximate surface area is 138 Å². The lowest BCUT2D eigenvalue weighted by Crippen LogP contribution is -2.34. The highest BCUT2D eigenvalue weighted by Gasteiger charge is 2.49. The van der Waals surface area contributed by atoms with Crippen molar-refractivity contribution in [3.8, 4) is 0 Å². The number of nitrogens with zero attached hydrogens (tertiary/aromatic N) is 1. The minimum Gasteiger partial charge on any atom is -0.342 e. The van der Waals surface area contributed by atoms with Crippen molar-refractivity contribution in [3.63, 3.8) is 0 Å². The summed E-state index contributed by atoms with van der Waals surface area (Å²) >= 11 is 0. The van der Waals surface area contributed by atoms with Crippen molar-refractivity contribution in [3.05, 3.63) is 29.3 Å². The van der Waals surface area contributed by atoms with Gasteiger partial charge in [0.1, 0.15) is 0 Å². The summed E-state index contributed by atoms with van der Waals surface area (Å²) in [6, 6.07) is 6.03. The average Bonchev–Trinajstić information content (AvgIpc) is 3.33. The molecule has 3 rings (SSSR count). The zero-order valence-electron chi connectivity index (χ0n) is 14.1. The van der Waals surface area contributed by atoms with Gasteiger partial charge in [0.05, 0.1) is 11.8 Å². The second kappa shape index (κ2) is 6.73. The molecule has 2 unspecified atom stereocenters. The molecule has 0 radical (unpaired) electrons. The topological polar surface area (TPSA) is 49.4 Å². The first kappa shape index (κ1) is 16.0. The van der Waals surface area contributed by atoms with Gasteiger partial charge in [-0.2, -0.15) is 0 Å². The summed E-state index contributed by atoms with van der Waals surface area (Å²) in [5, 5.41) is 3.00. The predicted molar refractivity (Wildman–Crippen MR) is 91.2 cm³/mol. The molecule has 2 amide bonds. The van der Waals surface area contributed by atoms with Gasteiger partial charge < -0.3 is 10.2 Å². The maximum atomic E-state index is 12.5. The molecule has 1 aliphatic carbocycles. The van der Waals surface area contributed by atoms with Crippen LogP contribution in [0.25, 0.3) is 0 Å². The summed E-state index contributed by atoms with van der Waals surface area (Å²) in [5.74, 6) is -0.0660. The van der Waals surface area contributed by atoms with Gasteiger partial charge in [-0.15, -0.1) is 0 Å². The second-order valence-electron chi connectivity index (χ2n) is 7.00. The maximum absolute atomic E-state index is 12.5. The third kappa shape index (κ3) is 3.74. The maximum Gasteiger partial charge on any atom is 0.228 e. The van der Waals surface area contributed by atoms with Crippen molar-refractivity contribution in [1.29, 1.82) is 0 Å². The number of anilines is 1. The average molecular weight is 314 g/mol. The summed E-state index contributed by atoms with van der Waals surface area (Å²) in [5.41, 5.74) is 3.04. The van der Waals surface area contributed by atoms with Gasteiger partial charge in [-0.1, -0.05) is 25.0 Å². The minimum absolute atomic E-state index is 0.00753. The van der Waals surface area contributed by atoms with Crippen molar-refractivity contribution in [2.45, 2.75) is 46.0 Å². The standard InChI is InChI=1S/C19H26N2O2/c1-13-7-8-14(2)17(11-13)20-18(22)15-12-16(15)19(23)21-9-5-3-4-6-10-21/h7-8,11,15-16H,3-6,9-10,12H2,1-2H3,(H,20,22). The van der Waals surface area contributed by atoms with E-state index in [1.54, 1.807) is 0 Å². The Bertz CT molecular complexity index is 603. The molecule has 2 fully saturated rings. The van der Waals surface area contributed by atoms with E-state index in [1.807, 2.05) is 36.9 Å². The summed E-state index contributed by atoms with van der Waals surface area (Å²) in [7, 11) is 0. The minimum atomic E-state index is -0.148. The van der Waals surface area contributed by atoms with Gasteiger partial charge >= 0.3 is 0 Å². The van der Waals surface area contributed by atoms with Crippen molar-refractivity contribution < 1.29 is 9.59 Å². The zero-order chi connectivity index (χ0) is 16.4. The highest BCUT2D eigenvalue weighted by Crippen LogP contribution is 2.41. The van der Waals surface area contributed by atoms with E-state index in [9.17, 15) is 9.59 Å². The highest BCUT2D eigenvalue weighted by atomic mass is 16.2. The fraction of sp³-hybridized carbons (Fsp3) is 0.579. The Kier molecular flexibility index (Phi) is 4.69. The van der Waals surface area contributed by atoms with Crippen LogP contribution in [0.4, 0.5) is 5.69 Å². The zero-order valence-corrected chi connectivity index (χ0v) is 14.1. The largest absolute Gasteiger partial charge is 0.342 e. The van der Waals surface area contributed by atoms with Gasteiger partial charge in [0, 0.05) is 18.8 Å². The molecule has 4 nitrogen and oxygen atoms in total. The number of hydrogen-bond acceptors (Lipinski definition) is 2. The van der Waals surface area contributed by atoms with Crippen LogP contribution in [0.2, 0.25) is 0 Å². The van der Waals surface area contributed by atoms with Gasteiger partial charge in [-0.25, -0.2) is 0 Å². The molecule has 4 heteroatoms. The highest BCUT2D eigenvalue weighted by molar-refractivity contribution is 6.00. The molecule has 0 spiro atoms. The lowest BCUT2D eigenvalue weighted by atomic mass is 10.1. The summed E-state index contributed by atoms with van der Waals surface area (Å²) in [6.07, 6.45) is 5.32. The first-order valence-corrected chi connectivity index (χ1v) is 8.73. The Morgan fingerprint density at radius 3 is 2.43 bits per heavy atom. The quantitative estimate of drug-likeness (QED) is 0.931. The van der Waals surface area contributed by atoms with Crippen molar-refractivity contribution in [2.24, 2.45) is 11.8 Å². The number of benzene rings is 1. The lowest BCUT2D eigenvalue weighted by Gasteiger charge is -2.20. The van der Waals surface area contributed by atoms with Crippen molar-refractivity contribution in [2.75, 3.05) is 18.4 Å². The molecular weight excluding hydrogens is 288 g/mol. The third-order valence-corrected chi connectivity index (χ3v) is 5.01. The van der Waals surface area contributed by atoms with E-state index in [0.29, 0.717) is 6.42 Å². The Morgan fingerprint density at radius 1 is 1.04 bits per heavy atom. The van der Waals surface area contributed by atoms with Gasteiger partial charge in [0.25, 0.3) is 0 Å². The molecule has 1 aromatic carbocycles. The normalized spacial score (nSPS) is 24.0. The first-order valence-electron chi connectivity index (χ1n) is 8.73. The third-order valence-electron chi connectivity index (χ3n) is 5.01.